The van der Waals surface area contributed by atoms with E-state index < -0.39 is 28.6 Å². The maximum absolute atomic E-state index is 13.1. The average molecular weight is 356 g/mol. The van der Waals surface area contributed by atoms with Crippen molar-refractivity contribution in [3.63, 3.8) is 0 Å². The number of likely N-dealkylation sites (N-methyl/N-ethyl adjacent to an activating group) is 1. The summed E-state index contributed by atoms with van der Waals surface area (Å²) in [6, 6.07) is 4.55. The standard InChI is InChI=1S/C15H14FN3O4.ClH/c1-17-6-11(7-17)18-8-12(14(21)22)13(20)19(15(18)23)10-4-2-9(16)3-5-10;/h2-5,8,11H,6-7H2,1H3,(H,21,22);1H. The van der Waals surface area contributed by atoms with E-state index in [1.54, 1.807) is 0 Å². The van der Waals surface area contributed by atoms with Crippen molar-refractivity contribution < 1.29 is 14.3 Å². The Morgan fingerprint density at radius 3 is 2.29 bits per heavy atom. The zero-order valence-corrected chi connectivity index (χ0v) is 13.5. The molecule has 24 heavy (non-hydrogen) atoms. The van der Waals surface area contributed by atoms with Crippen molar-refractivity contribution in [3.05, 3.63) is 62.7 Å². The second kappa shape index (κ2) is 6.58. The van der Waals surface area contributed by atoms with E-state index in [1.165, 1.54) is 16.7 Å². The molecule has 1 aliphatic rings. The van der Waals surface area contributed by atoms with Crippen LogP contribution in [0.15, 0.2) is 40.1 Å². The Morgan fingerprint density at radius 1 is 1.21 bits per heavy atom. The van der Waals surface area contributed by atoms with E-state index in [-0.39, 0.29) is 24.1 Å². The van der Waals surface area contributed by atoms with E-state index in [1.807, 2.05) is 11.9 Å². The number of halogens is 2. The van der Waals surface area contributed by atoms with Crippen LogP contribution in [0.4, 0.5) is 4.39 Å². The Hall–Kier alpha value is -2.45. The van der Waals surface area contributed by atoms with Gasteiger partial charge in [-0.3, -0.25) is 9.36 Å². The van der Waals surface area contributed by atoms with Crippen molar-refractivity contribution in [1.82, 2.24) is 14.0 Å². The van der Waals surface area contributed by atoms with Gasteiger partial charge >= 0.3 is 11.7 Å². The van der Waals surface area contributed by atoms with Gasteiger partial charge in [-0.15, -0.1) is 12.4 Å². The summed E-state index contributed by atoms with van der Waals surface area (Å²) in [6.07, 6.45) is 1.09. The molecule has 1 aromatic heterocycles. The van der Waals surface area contributed by atoms with Crippen molar-refractivity contribution in [2.75, 3.05) is 20.1 Å². The van der Waals surface area contributed by atoms with Gasteiger partial charge in [-0.1, -0.05) is 0 Å². The lowest BCUT2D eigenvalue weighted by Crippen LogP contribution is -2.51. The molecule has 9 heteroatoms. The molecular weight excluding hydrogens is 341 g/mol. The molecule has 0 aliphatic carbocycles. The number of benzene rings is 1. The van der Waals surface area contributed by atoms with Crippen molar-refractivity contribution in [1.29, 1.82) is 0 Å². The van der Waals surface area contributed by atoms with Gasteiger partial charge in [0.15, 0.2) is 0 Å². The van der Waals surface area contributed by atoms with Crippen LogP contribution in [0.3, 0.4) is 0 Å². The van der Waals surface area contributed by atoms with Crippen LogP contribution in [0.5, 0.6) is 0 Å². The molecule has 0 spiro atoms. The maximum atomic E-state index is 13.1. The summed E-state index contributed by atoms with van der Waals surface area (Å²) in [7, 11) is 1.87. The number of aromatic nitrogens is 2. The van der Waals surface area contributed by atoms with Gasteiger partial charge in [0.05, 0.1) is 11.7 Å². The molecule has 1 aliphatic heterocycles. The summed E-state index contributed by atoms with van der Waals surface area (Å²) in [6.45, 7) is 1.17. The van der Waals surface area contributed by atoms with Gasteiger partial charge in [-0.2, -0.15) is 0 Å². The maximum Gasteiger partial charge on any atom is 0.342 e. The average Bonchev–Trinajstić information content (AvgIpc) is 2.46. The first-order valence-electron chi connectivity index (χ1n) is 6.94. The Balaban J connectivity index is 0.00000208. The lowest BCUT2D eigenvalue weighted by Gasteiger charge is -2.37. The van der Waals surface area contributed by atoms with Crippen LogP contribution in [-0.2, 0) is 0 Å². The molecule has 0 saturated carbocycles. The number of carbonyl (C=O) groups is 1. The number of aromatic carboxylic acids is 1. The first kappa shape index (κ1) is 17.9. The summed E-state index contributed by atoms with van der Waals surface area (Å²) in [4.78, 5) is 38.2. The monoisotopic (exact) mass is 355 g/mol. The molecule has 7 nitrogen and oxygen atoms in total. The highest BCUT2D eigenvalue weighted by Crippen LogP contribution is 2.17. The van der Waals surface area contributed by atoms with Crippen LogP contribution in [0.1, 0.15) is 16.4 Å². The van der Waals surface area contributed by atoms with Crippen LogP contribution in [0, 0.1) is 5.82 Å². The zero-order valence-electron chi connectivity index (χ0n) is 12.7. The highest BCUT2D eigenvalue weighted by molar-refractivity contribution is 5.86. The number of likely N-dealkylation sites (tertiary alicyclic amines) is 1. The molecule has 128 valence electrons. The molecule has 2 aromatic rings. The minimum atomic E-state index is -1.41. The van der Waals surface area contributed by atoms with Crippen molar-refractivity contribution in [2.45, 2.75) is 6.04 Å². The fraction of sp³-hybridized carbons (Fsp3) is 0.267. The number of rotatable bonds is 3. The molecular formula is C15H15ClFN3O4. The SMILES string of the molecule is CN1CC(n2cc(C(=O)O)c(=O)n(-c3ccc(F)cc3)c2=O)C1.Cl. The summed E-state index contributed by atoms with van der Waals surface area (Å²) in [5.41, 5.74) is -1.93. The number of carboxylic acids is 1. The van der Waals surface area contributed by atoms with E-state index in [2.05, 4.69) is 0 Å². The second-order valence-corrected chi connectivity index (χ2v) is 5.53. The molecule has 0 radical (unpaired) electrons. The predicted octanol–water partition coefficient (Wildman–Crippen LogP) is 0.745. The summed E-state index contributed by atoms with van der Waals surface area (Å²) < 4.78 is 15.1. The Bertz CT molecular complexity index is 885. The first-order chi connectivity index (χ1) is 10.9. The van der Waals surface area contributed by atoms with E-state index >= 15 is 0 Å². The topological polar surface area (TPSA) is 84.5 Å². The Labute approximate surface area is 142 Å². The lowest BCUT2D eigenvalue weighted by atomic mass is 10.1. The van der Waals surface area contributed by atoms with Crippen molar-refractivity contribution >= 4 is 18.4 Å². The third kappa shape index (κ3) is 2.98. The van der Waals surface area contributed by atoms with Gasteiger partial charge in [0, 0.05) is 19.3 Å². The van der Waals surface area contributed by atoms with Crippen LogP contribution >= 0.6 is 12.4 Å². The van der Waals surface area contributed by atoms with Gasteiger partial charge in [-0.25, -0.2) is 18.5 Å². The Morgan fingerprint density at radius 2 is 1.79 bits per heavy atom. The van der Waals surface area contributed by atoms with Crippen LogP contribution in [0.2, 0.25) is 0 Å². The molecule has 0 unspecified atom stereocenters. The second-order valence-electron chi connectivity index (χ2n) is 5.53. The molecule has 2 heterocycles. The highest BCUT2D eigenvalue weighted by atomic mass is 35.5. The molecule has 1 aromatic carbocycles. The molecule has 1 fully saturated rings. The molecule has 0 bridgehead atoms. The molecule has 0 atom stereocenters. The highest BCUT2D eigenvalue weighted by Gasteiger charge is 2.28. The normalized spacial score (nSPS) is 14.8. The molecule has 3 rings (SSSR count). The van der Waals surface area contributed by atoms with Gasteiger partial charge in [0.1, 0.15) is 11.4 Å². The third-order valence-electron chi connectivity index (χ3n) is 3.87. The van der Waals surface area contributed by atoms with Gasteiger partial charge < -0.3 is 10.0 Å². The van der Waals surface area contributed by atoms with E-state index in [9.17, 15) is 23.9 Å². The zero-order chi connectivity index (χ0) is 16.7. The smallest absolute Gasteiger partial charge is 0.342 e. The van der Waals surface area contributed by atoms with E-state index in [4.69, 9.17) is 0 Å². The third-order valence-corrected chi connectivity index (χ3v) is 3.87. The van der Waals surface area contributed by atoms with Gasteiger partial charge in [-0.05, 0) is 31.3 Å². The van der Waals surface area contributed by atoms with Crippen LogP contribution < -0.4 is 11.2 Å². The van der Waals surface area contributed by atoms with E-state index in [0.29, 0.717) is 13.1 Å². The minimum Gasteiger partial charge on any atom is -0.477 e. The number of hydrogen-bond donors (Lipinski definition) is 1. The number of carboxylic acid groups (broad SMARTS) is 1. The Kier molecular flexibility index (Phi) is 4.91. The number of hydrogen-bond acceptors (Lipinski definition) is 4. The van der Waals surface area contributed by atoms with Crippen LogP contribution in [0.25, 0.3) is 5.69 Å². The summed E-state index contributed by atoms with van der Waals surface area (Å²) in [5.74, 6) is -1.93. The van der Waals surface area contributed by atoms with Gasteiger partial charge in [0.2, 0.25) is 0 Å². The first-order valence-corrected chi connectivity index (χ1v) is 6.94. The molecule has 1 N–H and O–H groups in total. The molecule has 1 saturated heterocycles. The van der Waals surface area contributed by atoms with Crippen molar-refractivity contribution in [3.8, 4) is 5.69 Å². The quantitative estimate of drug-likeness (QED) is 0.878. The largest absolute Gasteiger partial charge is 0.477 e. The fourth-order valence-corrected chi connectivity index (χ4v) is 2.64. The minimum absolute atomic E-state index is 0. The van der Waals surface area contributed by atoms with Gasteiger partial charge in [0.25, 0.3) is 5.56 Å². The number of nitrogens with zero attached hydrogens (tertiary/aromatic N) is 3. The predicted molar refractivity (Wildman–Crippen MR) is 87.0 cm³/mol. The van der Waals surface area contributed by atoms with Crippen LogP contribution in [-0.4, -0.2) is 45.2 Å². The fourth-order valence-electron chi connectivity index (χ4n) is 2.64. The van der Waals surface area contributed by atoms with E-state index in [0.717, 1.165) is 22.9 Å². The van der Waals surface area contributed by atoms with Crippen molar-refractivity contribution in [2.24, 2.45) is 0 Å². The summed E-state index contributed by atoms with van der Waals surface area (Å²) in [5, 5.41) is 9.22. The molecule has 0 amide bonds. The summed E-state index contributed by atoms with van der Waals surface area (Å²) >= 11 is 0. The lowest BCUT2D eigenvalue weighted by molar-refractivity contribution is 0.0691.